The second-order valence-corrected chi connectivity index (χ2v) is 6.71. The van der Waals surface area contributed by atoms with Crippen molar-refractivity contribution in [2.75, 3.05) is 24.7 Å². The standard InChI is InChI=1S/C12H17BrN2O2S/c1-9(18(2)17)7-14-8-12(16)15-11-5-3-10(13)4-6-11/h3-6,9,14H,7-8H2,1-2H3,(H,15,16). The summed E-state index contributed by atoms with van der Waals surface area (Å²) in [6, 6.07) is 7.38. The summed E-state index contributed by atoms with van der Waals surface area (Å²) in [4.78, 5) is 11.6. The third-order valence-electron chi connectivity index (χ3n) is 2.41. The van der Waals surface area contributed by atoms with Crippen LogP contribution < -0.4 is 10.6 Å². The number of benzene rings is 1. The number of rotatable bonds is 6. The Morgan fingerprint density at radius 1 is 1.39 bits per heavy atom. The lowest BCUT2D eigenvalue weighted by atomic mass is 10.3. The van der Waals surface area contributed by atoms with Crippen LogP contribution in [0.1, 0.15) is 6.92 Å². The van der Waals surface area contributed by atoms with Gasteiger partial charge in [0.25, 0.3) is 0 Å². The van der Waals surface area contributed by atoms with Gasteiger partial charge in [0.15, 0.2) is 0 Å². The SMILES string of the molecule is CC(CNCC(=O)Nc1ccc(Br)cc1)S(C)=O. The van der Waals surface area contributed by atoms with Crippen molar-refractivity contribution in [1.82, 2.24) is 5.32 Å². The van der Waals surface area contributed by atoms with E-state index in [1.807, 2.05) is 31.2 Å². The second-order valence-electron chi connectivity index (χ2n) is 4.00. The zero-order chi connectivity index (χ0) is 13.5. The van der Waals surface area contributed by atoms with E-state index < -0.39 is 10.8 Å². The Kier molecular flexibility index (Phi) is 6.52. The van der Waals surface area contributed by atoms with Crippen molar-refractivity contribution in [3.8, 4) is 0 Å². The molecule has 0 aromatic heterocycles. The number of anilines is 1. The molecule has 4 nitrogen and oxygen atoms in total. The molecule has 1 rings (SSSR count). The lowest BCUT2D eigenvalue weighted by Crippen LogP contribution is -2.34. The topological polar surface area (TPSA) is 58.2 Å². The highest BCUT2D eigenvalue weighted by atomic mass is 79.9. The molecule has 0 saturated carbocycles. The van der Waals surface area contributed by atoms with Crippen LogP contribution in [0.15, 0.2) is 28.7 Å². The molecule has 1 amide bonds. The number of carbonyl (C=O) groups excluding carboxylic acids is 1. The molecule has 0 saturated heterocycles. The summed E-state index contributed by atoms with van der Waals surface area (Å²) in [7, 11) is -0.865. The first-order valence-electron chi connectivity index (χ1n) is 5.57. The van der Waals surface area contributed by atoms with Crippen LogP contribution in [0.5, 0.6) is 0 Å². The maximum Gasteiger partial charge on any atom is 0.238 e. The van der Waals surface area contributed by atoms with Gasteiger partial charge in [0.1, 0.15) is 0 Å². The molecule has 0 aliphatic rings. The lowest BCUT2D eigenvalue weighted by Gasteiger charge is -2.10. The predicted octanol–water partition coefficient (Wildman–Crippen LogP) is 1.74. The molecular formula is C12H17BrN2O2S. The van der Waals surface area contributed by atoms with Gasteiger partial charge in [0.05, 0.1) is 6.54 Å². The first-order valence-corrected chi connectivity index (χ1v) is 7.99. The molecule has 0 heterocycles. The molecule has 0 bridgehead atoms. The monoisotopic (exact) mass is 332 g/mol. The van der Waals surface area contributed by atoms with Gasteiger partial charge >= 0.3 is 0 Å². The van der Waals surface area contributed by atoms with Crippen LogP contribution in [-0.4, -0.2) is 34.7 Å². The van der Waals surface area contributed by atoms with E-state index in [9.17, 15) is 9.00 Å². The van der Waals surface area contributed by atoms with Gasteiger partial charge in [-0.25, -0.2) is 0 Å². The molecule has 18 heavy (non-hydrogen) atoms. The first kappa shape index (κ1) is 15.3. The largest absolute Gasteiger partial charge is 0.325 e. The Morgan fingerprint density at radius 2 is 2.00 bits per heavy atom. The lowest BCUT2D eigenvalue weighted by molar-refractivity contribution is -0.115. The van der Waals surface area contributed by atoms with Gasteiger partial charge in [0.2, 0.25) is 5.91 Å². The van der Waals surface area contributed by atoms with E-state index in [2.05, 4.69) is 26.6 Å². The maximum atomic E-state index is 11.6. The number of halogens is 1. The van der Waals surface area contributed by atoms with Crippen molar-refractivity contribution in [2.45, 2.75) is 12.2 Å². The number of hydrogen-bond acceptors (Lipinski definition) is 3. The molecule has 0 aliphatic carbocycles. The van der Waals surface area contributed by atoms with Crippen LogP contribution in [0.25, 0.3) is 0 Å². The number of amides is 1. The zero-order valence-corrected chi connectivity index (χ0v) is 12.8. The Balaban J connectivity index is 2.30. The van der Waals surface area contributed by atoms with E-state index in [4.69, 9.17) is 0 Å². The van der Waals surface area contributed by atoms with Crippen LogP contribution >= 0.6 is 15.9 Å². The average molecular weight is 333 g/mol. The first-order chi connectivity index (χ1) is 8.49. The van der Waals surface area contributed by atoms with Gasteiger partial charge in [-0.2, -0.15) is 0 Å². The molecule has 2 unspecified atom stereocenters. The van der Waals surface area contributed by atoms with Gasteiger partial charge in [0, 0.05) is 39.0 Å². The highest BCUT2D eigenvalue weighted by Crippen LogP contribution is 2.13. The molecule has 0 spiro atoms. The van der Waals surface area contributed by atoms with Crippen LogP contribution in [0.2, 0.25) is 0 Å². The molecule has 0 radical (unpaired) electrons. The summed E-state index contributed by atoms with van der Waals surface area (Å²) in [5, 5.41) is 5.80. The predicted molar refractivity (Wildman–Crippen MR) is 79.2 cm³/mol. The smallest absolute Gasteiger partial charge is 0.238 e. The van der Waals surface area contributed by atoms with Crippen molar-refractivity contribution >= 4 is 38.3 Å². The highest BCUT2D eigenvalue weighted by molar-refractivity contribution is 9.10. The molecular weight excluding hydrogens is 316 g/mol. The van der Waals surface area contributed by atoms with E-state index >= 15 is 0 Å². The Labute approximate surface area is 118 Å². The minimum Gasteiger partial charge on any atom is -0.325 e. The molecule has 2 atom stereocenters. The molecule has 2 N–H and O–H groups in total. The van der Waals surface area contributed by atoms with Gasteiger partial charge in [-0.05, 0) is 31.2 Å². The second kappa shape index (κ2) is 7.66. The zero-order valence-electron chi connectivity index (χ0n) is 10.4. The summed E-state index contributed by atoms with van der Waals surface area (Å²) >= 11 is 3.33. The van der Waals surface area contributed by atoms with Crippen LogP contribution in [-0.2, 0) is 15.6 Å². The quantitative estimate of drug-likeness (QED) is 0.834. The van der Waals surface area contributed by atoms with Crippen LogP contribution in [0.3, 0.4) is 0 Å². The van der Waals surface area contributed by atoms with E-state index in [1.165, 1.54) is 0 Å². The van der Waals surface area contributed by atoms with E-state index in [0.717, 1.165) is 10.2 Å². The van der Waals surface area contributed by atoms with Crippen LogP contribution in [0.4, 0.5) is 5.69 Å². The van der Waals surface area contributed by atoms with Gasteiger partial charge in [-0.1, -0.05) is 15.9 Å². The molecule has 0 aliphatic heterocycles. The van der Waals surface area contributed by atoms with Crippen molar-refractivity contribution in [1.29, 1.82) is 0 Å². The van der Waals surface area contributed by atoms with Gasteiger partial charge < -0.3 is 10.6 Å². The van der Waals surface area contributed by atoms with Crippen molar-refractivity contribution in [2.24, 2.45) is 0 Å². The fourth-order valence-corrected chi connectivity index (χ4v) is 1.86. The van der Waals surface area contributed by atoms with E-state index in [1.54, 1.807) is 6.26 Å². The summed E-state index contributed by atoms with van der Waals surface area (Å²) in [6.45, 7) is 2.67. The maximum absolute atomic E-state index is 11.6. The van der Waals surface area contributed by atoms with E-state index in [-0.39, 0.29) is 17.7 Å². The van der Waals surface area contributed by atoms with Gasteiger partial charge in [-0.15, -0.1) is 0 Å². The van der Waals surface area contributed by atoms with Crippen molar-refractivity contribution in [3.63, 3.8) is 0 Å². The Morgan fingerprint density at radius 3 is 2.56 bits per heavy atom. The Hall–Kier alpha value is -0.720. The normalized spacial score (nSPS) is 13.9. The minimum atomic E-state index is -0.865. The summed E-state index contributed by atoms with van der Waals surface area (Å²) in [5.41, 5.74) is 0.761. The minimum absolute atomic E-state index is 0.0467. The number of nitrogens with one attached hydrogen (secondary N) is 2. The molecule has 100 valence electrons. The van der Waals surface area contributed by atoms with E-state index in [0.29, 0.717) is 6.54 Å². The molecule has 6 heteroatoms. The third-order valence-corrected chi connectivity index (χ3v) is 4.24. The molecule has 1 aromatic carbocycles. The van der Waals surface area contributed by atoms with Crippen molar-refractivity contribution < 1.29 is 9.00 Å². The fourth-order valence-electron chi connectivity index (χ4n) is 1.24. The number of hydrogen-bond donors (Lipinski definition) is 2. The molecule has 1 aromatic rings. The van der Waals surface area contributed by atoms with Gasteiger partial charge in [-0.3, -0.25) is 9.00 Å². The fraction of sp³-hybridized carbons (Fsp3) is 0.417. The number of carbonyl (C=O) groups is 1. The summed E-state index contributed by atoms with van der Waals surface area (Å²) in [6.07, 6.45) is 1.66. The van der Waals surface area contributed by atoms with Crippen molar-refractivity contribution in [3.05, 3.63) is 28.7 Å². The summed E-state index contributed by atoms with van der Waals surface area (Å²) < 4.78 is 12.1. The highest BCUT2D eigenvalue weighted by Gasteiger charge is 2.07. The molecule has 0 fully saturated rings. The summed E-state index contributed by atoms with van der Waals surface area (Å²) in [5.74, 6) is -0.105. The van der Waals surface area contributed by atoms with Crippen LogP contribution in [0, 0.1) is 0 Å². The third kappa shape index (κ3) is 5.75. The average Bonchev–Trinajstić information content (AvgIpc) is 2.32. The Bertz CT molecular complexity index is 423.